The van der Waals surface area contributed by atoms with Crippen LogP contribution in [0.2, 0.25) is 19.6 Å². The van der Waals surface area contributed by atoms with E-state index in [9.17, 15) is 0 Å². The monoisotopic (exact) mass is 236 g/mol. The Morgan fingerprint density at radius 1 is 1.44 bits per heavy atom. The third-order valence-electron chi connectivity index (χ3n) is 2.86. The Balaban J connectivity index is 2.63. The Morgan fingerprint density at radius 2 is 2.06 bits per heavy atom. The first-order chi connectivity index (χ1) is 7.35. The van der Waals surface area contributed by atoms with E-state index < -0.39 is 8.32 Å². The summed E-state index contributed by atoms with van der Waals surface area (Å²) >= 11 is 0. The van der Waals surface area contributed by atoms with Crippen LogP contribution in [-0.2, 0) is 4.43 Å². The Hall–Kier alpha value is -0.523. The summed E-state index contributed by atoms with van der Waals surface area (Å²) < 4.78 is 6.19. The maximum Gasteiger partial charge on any atom is 0.184 e. The van der Waals surface area contributed by atoms with Gasteiger partial charge < -0.3 is 4.43 Å². The van der Waals surface area contributed by atoms with Gasteiger partial charge in [-0.05, 0) is 45.3 Å². The summed E-state index contributed by atoms with van der Waals surface area (Å²) in [5.74, 6) is 3.50. The topological polar surface area (TPSA) is 9.23 Å². The molecule has 1 nitrogen and oxygen atoms in total. The largest absolute Gasteiger partial charge is 0.408 e. The van der Waals surface area contributed by atoms with Crippen molar-refractivity contribution in [1.82, 2.24) is 0 Å². The summed E-state index contributed by atoms with van der Waals surface area (Å²) in [5, 5.41) is 0. The van der Waals surface area contributed by atoms with E-state index in [2.05, 4.69) is 44.6 Å². The van der Waals surface area contributed by atoms with Crippen LogP contribution in [0.5, 0.6) is 0 Å². The van der Waals surface area contributed by atoms with Crippen LogP contribution in [0.4, 0.5) is 0 Å². The van der Waals surface area contributed by atoms with Gasteiger partial charge in [-0.2, -0.15) is 0 Å². The summed E-state index contributed by atoms with van der Waals surface area (Å²) in [6.45, 7) is 8.73. The van der Waals surface area contributed by atoms with Crippen molar-refractivity contribution >= 4 is 8.32 Å². The number of terminal acetylenes is 1. The highest BCUT2D eigenvalue weighted by molar-refractivity contribution is 6.69. The zero-order valence-electron chi connectivity index (χ0n) is 11.0. The van der Waals surface area contributed by atoms with Gasteiger partial charge in [-0.3, -0.25) is 0 Å². The number of allylic oxidation sites excluding steroid dienone is 1. The number of hydrogen-bond acceptors (Lipinski definition) is 1. The molecular weight excluding hydrogens is 212 g/mol. The van der Waals surface area contributed by atoms with Crippen LogP contribution in [0.25, 0.3) is 0 Å². The van der Waals surface area contributed by atoms with Gasteiger partial charge in [0.1, 0.15) is 0 Å². The molecule has 0 heterocycles. The second-order valence-electron chi connectivity index (χ2n) is 5.96. The lowest BCUT2D eigenvalue weighted by molar-refractivity contribution is 0.137. The van der Waals surface area contributed by atoms with Crippen LogP contribution in [0.1, 0.15) is 32.6 Å². The van der Waals surface area contributed by atoms with E-state index in [4.69, 9.17) is 10.8 Å². The van der Waals surface area contributed by atoms with Crippen molar-refractivity contribution in [3.05, 3.63) is 12.2 Å². The molecule has 2 heteroatoms. The molecule has 1 aliphatic rings. The smallest absolute Gasteiger partial charge is 0.184 e. The molecule has 0 bridgehead atoms. The molecule has 0 unspecified atom stereocenters. The van der Waals surface area contributed by atoms with Crippen molar-refractivity contribution < 1.29 is 4.43 Å². The van der Waals surface area contributed by atoms with E-state index in [0.29, 0.717) is 6.42 Å². The minimum atomic E-state index is -1.54. The standard InChI is InChI=1S/C14H24OSi/c1-6-11-14(2,15-16(3,4)5)12-10-13-8-7-9-13/h1,10,12-13H,7-9,11H2,2-5H3/b12-10+/t14-/m1/s1. The van der Waals surface area contributed by atoms with Gasteiger partial charge in [-0.25, -0.2) is 0 Å². The molecule has 1 rings (SSSR count). The van der Waals surface area contributed by atoms with Gasteiger partial charge in [0.15, 0.2) is 8.32 Å². The lowest BCUT2D eigenvalue weighted by Crippen LogP contribution is -2.39. The van der Waals surface area contributed by atoms with E-state index in [1.807, 2.05) is 0 Å². The Labute approximate surface area is 101 Å². The van der Waals surface area contributed by atoms with Gasteiger partial charge in [0, 0.05) is 6.42 Å². The molecule has 0 aliphatic heterocycles. The fraction of sp³-hybridized carbons (Fsp3) is 0.714. The highest BCUT2D eigenvalue weighted by Crippen LogP contribution is 2.30. The van der Waals surface area contributed by atoms with E-state index in [-0.39, 0.29) is 5.60 Å². The molecule has 16 heavy (non-hydrogen) atoms. The van der Waals surface area contributed by atoms with Crippen LogP contribution in [0.3, 0.4) is 0 Å². The Bertz CT molecular complexity index is 291. The fourth-order valence-electron chi connectivity index (χ4n) is 2.00. The van der Waals surface area contributed by atoms with Gasteiger partial charge in [0.25, 0.3) is 0 Å². The zero-order chi connectivity index (χ0) is 12.2. The van der Waals surface area contributed by atoms with Crippen LogP contribution in [0.15, 0.2) is 12.2 Å². The predicted molar refractivity (Wildman–Crippen MR) is 72.8 cm³/mol. The van der Waals surface area contributed by atoms with Crippen LogP contribution < -0.4 is 0 Å². The van der Waals surface area contributed by atoms with Crippen molar-refractivity contribution in [2.24, 2.45) is 5.92 Å². The Kier molecular flexibility index (Phi) is 4.40. The maximum absolute atomic E-state index is 6.19. The lowest BCUT2D eigenvalue weighted by Gasteiger charge is -2.33. The lowest BCUT2D eigenvalue weighted by atomic mass is 9.84. The molecule has 0 radical (unpaired) electrons. The van der Waals surface area contributed by atoms with Gasteiger partial charge in [0.2, 0.25) is 0 Å². The molecule has 0 amide bonds. The fourth-order valence-corrected chi connectivity index (χ4v) is 3.54. The van der Waals surface area contributed by atoms with E-state index in [0.717, 1.165) is 5.92 Å². The molecule has 0 spiro atoms. The average molecular weight is 236 g/mol. The third kappa shape index (κ3) is 4.55. The molecule has 0 aromatic rings. The molecule has 1 atom stereocenters. The van der Waals surface area contributed by atoms with Crippen molar-refractivity contribution in [1.29, 1.82) is 0 Å². The van der Waals surface area contributed by atoms with Crippen LogP contribution in [-0.4, -0.2) is 13.9 Å². The van der Waals surface area contributed by atoms with Gasteiger partial charge in [0.05, 0.1) is 5.60 Å². The molecule has 1 aliphatic carbocycles. The minimum absolute atomic E-state index is 0.255. The van der Waals surface area contributed by atoms with Crippen LogP contribution >= 0.6 is 0 Å². The quantitative estimate of drug-likeness (QED) is 0.398. The van der Waals surface area contributed by atoms with Gasteiger partial charge in [-0.15, -0.1) is 12.3 Å². The summed E-state index contributed by atoms with van der Waals surface area (Å²) in [4.78, 5) is 0. The van der Waals surface area contributed by atoms with E-state index >= 15 is 0 Å². The molecule has 0 saturated heterocycles. The molecule has 1 saturated carbocycles. The Morgan fingerprint density at radius 3 is 2.44 bits per heavy atom. The average Bonchev–Trinajstić information content (AvgIpc) is 1.97. The van der Waals surface area contributed by atoms with Gasteiger partial charge in [-0.1, -0.05) is 18.6 Å². The predicted octanol–water partition coefficient (Wildman–Crippen LogP) is 3.98. The third-order valence-corrected chi connectivity index (χ3v) is 3.94. The van der Waals surface area contributed by atoms with Crippen molar-refractivity contribution in [3.63, 3.8) is 0 Å². The van der Waals surface area contributed by atoms with Crippen molar-refractivity contribution in [2.75, 3.05) is 0 Å². The van der Waals surface area contributed by atoms with Gasteiger partial charge >= 0.3 is 0 Å². The summed E-state index contributed by atoms with van der Waals surface area (Å²) in [6.07, 6.45) is 14.6. The molecule has 90 valence electrons. The number of rotatable bonds is 5. The summed E-state index contributed by atoms with van der Waals surface area (Å²) in [6, 6.07) is 0. The first-order valence-corrected chi connectivity index (χ1v) is 9.58. The SMILES string of the molecule is C#CC[C@](C)(/C=C/C1CCC1)O[Si](C)(C)C. The maximum atomic E-state index is 6.19. The first kappa shape index (κ1) is 13.5. The molecule has 1 fully saturated rings. The molecule has 0 N–H and O–H groups in total. The normalized spacial score (nSPS) is 21.4. The summed E-state index contributed by atoms with van der Waals surface area (Å²) in [7, 11) is -1.54. The second kappa shape index (κ2) is 5.20. The van der Waals surface area contributed by atoms with Crippen LogP contribution in [0, 0.1) is 18.3 Å². The van der Waals surface area contributed by atoms with E-state index in [1.165, 1.54) is 19.3 Å². The minimum Gasteiger partial charge on any atom is -0.408 e. The highest BCUT2D eigenvalue weighted by atomic mass is 28.4. The molecule has 0 aromatic heterocycles. The zero-order valence-corrected chi connectivity index (χ0v) is 12.0. The van der Waals surface area contributed by atoms with E-state index in [1.54, 1.807) is 0 Å². The molecule has 0 aromatic carbocycles. The molecular formula is C14H24OSi. The summed E-state index contributed by atoms with van der Waals surface area (Å²) in [5.41, 5.74) is -0.255. The first-order valence-electron chi connectivity index (χ1n) is 6.18. The number of hydrogen-bond donors (Lipinski definition) is 0. The second-order valence-corrected chi connectivity index (χ2v) is 10.4. The highest BCUT2D eigenvalue weighted by Gasteiger charge is 2.29. The van der Waals surface area contributed by atoms with Crippen molar-refractivity contribution in [3.8, 4) is 12.3 Å². The van der Waals surface area contributed by atoms with Crippen molar-refractivity contribution in [2.45, 2.75) is 57.8 Å².